The Balaban J connectivity index is 1.88. The molecule has 6 nitrogen and oxygen atoms in total. The third kappa shape index (κ3) is 4.00. The Morgan fingerprint density at radius 2 is 1.78 bits per heavy atom. The van der Waals surface area contributed by atoms with Crippen molar-refractivity contribution in [3.05, 3.63) is 79.3 Å². The molecule has 0 fully saturated rings. The van der Waals surface area contributed by atoms with Crippen molar-refractivity contribution in [1.82, 2.24) is 4.57 Å². The van der Waals surface area contributed by atoms with Crippen LogP contribution in [0.15, 0.2) is 58.3 Å². The van der Waals surface area contributed by atoms with Crippen LogP contribution in [-0.4, -0.2) is 37.6 Å². The average Bonchev–Trinajstić information content (AvgIpc) is 3.07. The monoisotopic (exact) mass is 449 g/mol. The molecule has 1 aliphatic heterocycles. The maximum Gasteiger partial charge on any atom is 0.270 e. The number of benzene rings is 2. The van der Waals surface area contributed by atoms with Gasteiger partial charge in [0.1, 0.15) is 11.5 Å². The first-order chi connectivity index (χ1) is 15.3. The Morgan fingerprint density at radius 3 is 2.34 bits per heavy atom. The highest BCUT2D eigenvalue weighted by molar-refractivity contribution is 7.07. The van der Waals surface area contributed by atoms with Gasteiger partial charge in [0, 0.05) is 19.8 Å². The highest BCUT2D eigenvalue weighted by atomic mass is 32.1. The van der Waals surface area contributed by atoms with Gasteiger partial charge in [-0.1, -0.05) is 35.6 Å². The third-order valence-corrected chi connectivity index (χ3v) is 6.92. The van der Waals surface area contributed by atoms with Crippen LogP contribution in [0.5, 0.6) is 5.75 Å². The highest BCUT2D eigenvalue weighted by Gasteiger charge is 2.38. The fourth-order valence-corrected chi connectivity index (χ4v) is 5.33. The fourth-order valence-electron chi connectivity index (χ4n) is 4.24. The molecule has 2 aromatic carbocycles. The SMILES string of the molecule is COc1ccc(C=c2sc3n(c2=O)C(c2ccc(N(C)C)cc2)C(C(C)=O)C(C)N=3)cc1. The van der Waals surface area contributed by atoms with Crippen LogP contribution in [0.2, 0.25) is 0 Å². The van der Waals surface area contributed by atoms with E-state index in [9.17, 15) is 9.59 Å². The molecule has 2 heterocycles. The van der Waals surface area contributed by atoms with Gasteiger partial charge in [-0.05, 0) is 55.3 Å². The summed E-state index contributed by atoms with van der Waals surface area (Å²) in [6, 6.07) is 15.0. The summed E-state index contributed by atoms with van der Waals surface area (Å²) >= 11 is 1.37. The van der Waals surface area contributed by atoms with Crippen LogP contribution in [0.3, 0.4) is 0 Å². The predicted molar refractivity (Wildman–Crippen MR) is 128 cm³/mol. The van der Waals surface area contributed by atoms with Crippen LogP contribution in [-0.2, 0) is 4.79 Å². The van der Waals surface area contributed by atoms with Crippen molar-refractivity contribution in [3.63, 3.8) is 0 Å². The van der Waals surface area contributed by atoms with Crippen molar-refractivity contribution in [2.45, 2.75) is 25.9 Å². The summed E-state index contributed by atoms with van der Waals surface area (Å²) in [6.45, 7) is 3.54. The molecule has 0 saturated carbocycles. The van der Waals surface area contributed by atoms with Crippen LogP contribution in [0.4, 0.5) is 5.69 Å². The van der Waals surface area contributed by atoms with Gasteiger partial charge in [-0.3, -0.25) is 19.1 Å². The zero-order chi connectivity index (χ0) is 23.0. The van der Waals surface area contributed by atoms with E-state index >= 15 is 0 Å². The van der Waals surface area contributed by atoms with Gasteiger partial charge in [0.25, 0.3) is 5.56 Å². The summed E-state index contributed by atoms with van der Waals surface area (Å²) in [5, 5.41) is 0. The van der Waals surface area contributed by atoms with Crippen molar-refractivity contribution in [1.29, 1.82) is 0 Å². The average molecular weight is 450 g/mol. The van der Waals surface area contributed by atoms with Crippen molar-refractivity contribution in [3.8, 4) is 5.75 Å². The van der Waals surface area contributed by atoms with E-state index < -0.39 is 5.92 Å². The van der Waals surface area contributed by atoms with Gasteiger partial charge in [-0.25, -0.2) is 0 Å². The lowest BCUT2D eigenvalue weighted by atomic mass is 9.84. The number of Topliss-reactive ketones (excluding diaryl/α,β-unsaturated/α-hetero) is 1. The minimum absolute atomic E-state index is 0.0346. The number of hydrogen-bond donors (Lipinski definition) is 0. The molecule has 0 aliphatic carbocycles. The Hall–Kier alpha value is -3.19. The van der Waals surface area contributed by atoms with Gasteiger partial charge in [-0.2, -0.15) is 0 Å². The molecule has 1 aliphatic rings. The summed E-state index contributed by atoms with van der Waals surface area (Å²) in [7, 11) is 5.59. The Morgan fingerprint density at radius 1 is 1.12 bits per heavy atom. The number of carbonyl (C=O) groups excluding carboxylic acids is 1. The van der Waals surface area contributed by atoms with Crippen molar-refractivity contribution in [2.24, 2.45) is 10.9 Å². The molecule has 1 aromatic heterocycles. The Bertz CT molecular complexity index is 1300. The van der Waals surface area contributed by atoms with Gasteiger partial charge >= 0.3 is 0 Å². The Kier molecular flexibility index (Phi) is 6.02. The number of ether oxygens (including phenoxy) is 1. The molecular formula is C25H27N3O3S. The van der Waals surface area contributed by atoms with Gasteiger partial charge in [-0.15, -0.1) is 0 Å². The van der Waals surface area contributed by atoms with Gasteiger partial charge in [0.15, 0.2) is 4.80 Å². The first kappa shape index (κ1) is 22.0. The second-order valence-corrected chi connectivity index (χ2v) is 9.29. The smallest absolute Gasteiger partial charge is 0.270 e. The molecule has 3 atom stereocenters. The van der Waals surface area contributed by atoms with E-state index in [1.165, 1.54) is 11.3 Å². The fraction of sp³-hybridized carbons (Fsp3) is 0.320. The number of methoxy groups -OCH3 is 1. The third-order valence-electron chi connectivity index (χ3n) is 5.92. The maximum absolute atomic E-state index is 13.5. The van der Waals surface area contributed by atoms with Crippen LogP contribution in [0, 0.1) is 5.92 Å². The second-order valence-electron chi connectivity index (χ2n) is 8.28. The van der Waals surface area contributed by atoms with Gasteiger partial charge < -0.3 is 9.64 Å². The lowest BCUT2D eigenvalue weighted by molar-refractivity contribution is -0.122. The number of carbonyl (C=O) groups is 1. The number of rotatable bonds is 5. The molecule has 0 bridgehead atoms. The largest absolute Gasteiger partial charge is 0.497 e. The highest BCUT2D eigenvalue weighted by Crippen LogP contribution is 2.32. The first-order valence-electron chi connectivity index (χ1n) is 10.5. The molecule has 0 radical (unpaired) electrons. The number of fused-ring (bicyclic) bond motifs is 1. The lowest BCUT2D eigenvalue weighted by Gasteiger charge is -2.32. The predicted octanol–water partition coefficient (Wildman–Crippen LogP) is 2.63. The Labute approximate surface area is 191 Å². The van der Waals surface area contributed by atoms with Gasteiger partial charge in [0.2, 0.25) is 0 Å². The number of anilines is 1. The standard InChI is InChI=1S/C25H27N3O3S/c1-15-22(16(2)29)23(18-8-10-19(11-9-18)27(3)4)28-24(30)21(32-25(28)26-15)14-17-6-12-20(31-5)13-7-17/h6-15,22-23H,1-5H3. The summed E-state index contributed by atoms with van der Waals surface area (Å²) in [5.41, 5.74) is 2.79. The lowest BCUT2D eigenvalue weighted by Crippen LogP contribution is -2.47. The number of hydrogen-bond acceptors (Lipinski definition) is 6. The van der Waals surface area contributed by atoms with E-state index in [0.717, 1.165) is 22.6 Å². The number of ketones is 1. The molecule has 0 spiro atoms. The molecule has 0 saturated heterocycles. The van der Waals surface area contributed by atoms with E-state index in [0.29, 0.717) is 9.33 Å². The number of nitrogens with zero attached hydrogens (tertiary/aromatic N) is 3. The van der Waals surface area contributed by atoms with Crippen molar-refractivity contribution < 1.29 is 9.53 Å². The van der Waals surface area contributed by atoms with Gasteiger partial charge in [0.05, 0.1) is 29.6 Å². The molecule has 0 N–H and O–H groups in total. The molecule has 4 rings (SSSR count). The van der Waals surface area contributed by atoms with E-state index in [-0.39, 0.29) is 23.4 Å². The second kappa shape index (κ2) is 8.74. The zero-order valence-electron chi connectivity index (χ0n) is 18.9. The molecule has 166 valence electrons. The number of aromatic nitrogens is 1. The molecule has 32 heavy (non-hydrogen) atoms. The van der Waals surface area contributed by atoms with Crippen LogP contribution >= 0.6 is 11.3 Å². The quantitative estimate of drug-likeness (QED) is 0.601. The first-order valence-corrected chi connectivity index (χ1v) is 11.3. The maximum atomic E-state index is 13.5. The normalized spacial score (nSPS) is 20.4. The molecule has 0 amide bonds. The van der Waals surface area contributed by atoms with Crippen molar-refractivity contribution in [2.75, 3.05) is 26.1 Å². The summed E-state index contributed by atoms with van der Waals surface area (Å²) < 4.78 is 7.52. The summed E-state index contributed by atoms with van der Waals surface area (Å²) in [4.78, 5) is 33.6. The topological polar surface area (TPSA) is 63.9 Å². The minimum atomic E-state index is -0.395. The minimum Gasteiger partial charge on any atom is -0.497 e. The van der Waals surface area contributed by atoms with E-state index in [1.54, 1.807) is 18.6 Å². The molecule has 3 unspecified atom stereocenters. The van der Waals surface area contributed by atoms with Crippen LogP contribution in [0.25, 0.3) is 6.08 Å². The molecular weight excluding hydrogens is 422 g/mol. The zero-order valence-corrected chi connectivity index (χ0v) is 19.7. The van der Waals surface area contributed by atoms with E-state index in [4.69, 9.17) is 9.73 Å². The summed E-state index contributed by atoms with van der Waals surface area (Å²) in [5.74, 6) is 0.403. The summed E-state index contributed by atoms with van der Waals surface area (Å²) in [6.07, 6.45) is 1.87. The van der Waals surface area contributed by atoms with Crippen LogP contribution < -0.4 is 24.5 Å². The molecule has 3 aromatic rings. The van der Waals surface area contributed by atoms with E-state index in [1.807, 2.05) is 80.5 Å². The number of thiazole rings is 1. The van der Waals surface area contributed by atoms with Crippen LogP contribution in [0.1, 0.15) is 31.0 Å². The van der Waals surface area contributed by atoms with E-state index in [2.05, 4.69) is 0 Å². The molecule has 7 heteroatoms. The van der Waals surface area contributed by atoms with Crippen molar-refractivity contribution >= 4 is 28.9 Å².